The summed E-state index contributed by atoms with van der Waals surface area (Å²) in [5, 5.41) is 0. The lowest BCUT2D eigenvalue weighted by molar-refractivity contribution is 2.34. The van der Waals surface area contributed by atoms with Gasteiger partial charge >= 0.3 is 0 Å². The Bertz CT molecular complexity index is 25.1. The van der Waals surface area contributed by atoms with Gasteiger partial charge in [0.2, 0.25) is 0 Å². The van der Waals surface area contributed by atoms with Crippen molar-refractivity contribution in [3.05, 3.63) is 0 Å². The fraction of sp³-hybridized carbons (Fsp3) is 1.00. The molecule has 0 aromatic carbocycles. The van der Waals surface area contributed by atoms with Crippen molar-refractivity contribution < 1.29 is 1.37 Å². The third-order valence-electron chi connectivity index (χ3n) is 0. The van der Waals surface area contributed by atoms with Gasteiger partial charge in [0, 0.05) is 0 Å². The van der Waals surface area contributed by atoms with Crippen molar-refractivity contribution in [1.82, 2.24) is 0 Å². The van der Waals surface area contributed by atoms with E-state index in [0.29, 0.717) is 0 Å². The molecule has 1 unspecified atom stereocenters. The molecule has 0 spiro atoms. The zero-order chi connectivity index (χ0) is 4.50. The first-order valence-corrected chi connectivity index (χ1v) is 3.40. The molecule has 0 bridgehead atoms. The summed E-state index contributed by atoms with van der Waals surface area (Å²) in [6.45, 7) is 0. The predicted molar refractivity (Wildman–Crippen MR) is 41.5 cm³/mol. The second-order valence-electron chi connectivity index (χ2n) is 0.290. The van der Waals surface area contributed by atoms with E-state index in [1.807, 2.05) is 45.2 Å². The highest BCUT2D eigenvalue weighted by atomic mass is 127. The lowest BCUT2D eigenvalue weighted by Crippen LogP contribution is -1.48. The van der Waals surface area contributed by atoms with Crippen LogP contribution in [0.1, 0.15) is 1.37 Å². The average molecular weight is 301 g/mol. The summed E-state index contributed by atoms with van der Waals surface area (Å²) in [5.74, 6) is 0. The minimum Gasteiger partial charge on any atom is -0.113 e. The van der Waals surface area contributed by atoms with Crippen molar-refractivity contribution in [2.24, 2.45) is 0 Å². The Labute approximate surface area is 57.0 Å². The largest absolute Gasteiger partial charge is 0.113 e. The van der Waals surface area contributed by atoms with E-state index in [1.165, 1.54) is 0 Å². The van der Waals surface area contributed by atoms with Crippen LogP contribution in [0.5, 0.6) is 0 Å². The number of hydrogen-bond acceptors (Lipinski definition) is 0. The fourth-order valence-corrected chi connectivity index (χ4v) is 0. The molecule has 0 amide bonds. The highest BCUT2D eigenvalue weighted by Crippen LogP contribution is 2.15. The van der Waals surface area contributed by atoms with E-state index in [2.05, 4.69) is 9.24 Å². The molecule has 0 aromatic rings. The van der Waals surface area contributed by atoms with Crippen LogP contribution in [0.15, 0.2) is 0 Å². The van der Waals surface area contributed by atoms with E-state index in [1.54, 1.807) is 0 Å². The average Bonchev–Trinajstić information content (AvgIpc) is 0.722. The van der Waals surface area contributed by atoms with Gasteiger partial charge in [-0.1, -0.05) is 45.2 Å². The number of hydrogen-bond donors (Lipinski definition) is 0. The summed E-state index contributed by atoms with van der Waals surface area (Å²) in [6.07, 6.45) is 0. The molecule has 0 saturated carbocycles. The summed E-state index contributed by atoms with van der Waals surface area (Å²) in [6, 6.07) is 0. The molecule has 0 heterocycles. The first kappa shape index (κ1) is 4.06. The molecule has 26 valence electrons. The highest BCUT2D eigenvalue weighted by Gasteiger charge is 1.73. The van der Waals surface area contributed by atoms with E-state index in [4.69, 9.17) is 1.37 Å². The molecule has 0 saturated heterocycles. The van der Waals surface area contributed by atoms with Crippen molar-refractivity contribution in [2.75, 3.05) is 0 Å². The zero-order valence-electron chi connectivity index (χ0n) is 2.83. The zero-order valence-corrected chi connectivity index (χ0v) is 7.30. The van der Waals surface area contributed by atoms with Gasteiger partial charge in [-0.05, 0) is 0 Å². The Balaban J connectivity index is 3.02. The van der Waals surface area contributed by atoms with Crippen LogP contribution in [0.3, 0.4) is 0 Å². The van der Waals surface area contributed by atoms with Gasteiger partial charge in [-0.2, -0.15) is 0 Å². The summed E-state index contributed by atoms with van der Waals surface area (Å²) >= 11 is 3.99. The van der Waals surface area contributed by atoms with Crippen molar-refractivity contribution in [2.45, 2.75) is 1.65 Å². The van der Waals surface area contributed by atoms with Gasteiger partial charge in [0.25, 0.3) is 0 Å². The van der Waals surface area contributed by atoms with Crippen molar-refractivity contribution in [3.8, 4) is 0 Å². The third kappa shape index (κ3) is 9.10. The van der Waals surface area contributed by atoms with Crippen LogP contribution >= 0.6 is 54.4 Å². The molecule has 0 nitrogen and oxygen atoms in total. The molecule has 1 atom stereocenters. The Morgan fingerprint density at radius 3 is 2.00 bits per heavy atom. The smallest absolute Gasteiger partial charge is 0.0762 e. The molecule has 0 aliphatic carbocycles. The van der Waals surface area contributed by atoms with Crippen molar-refractivity contribution in [1.29, 1.82) is 0 Å². The second-order valence-corrected chi connectivity index (χ2v) is 7.61. The molecule has 4 heavy (non-hydrogen) atoms. The molecule has 0 aromatic heterocycles. The first-order valence-electron chi connectivity index (χ1n) is 1.17. The normalized spacial score (nSPS) is 15.2. The van der Waals surface area contributed by atoms with Gasteiger partial charge in [0.1, 0.15) is 0 Å². The van der Waals surface area contributed by atoms with E-state index in [-0.39, 0.29) is 0 Å². The lowest BCUT2D eigenvalue weighted by Gasteiger charge is -1.74. The lowest BCUT2D eigenvalue weighted by atomic mass is 11.9. The summed E-state index contributed by atoms with van der Waals surface area (Å²) in [4.78, 5) is 0. The second kappa shape index (κ2) is 3.09. The van der Waals surface area contributed by atoms with Gasteiger partial charge < -0.3 is 0 Å². The van der Waals surface area contributed by atoms with Crippen molar-refractivity contribution in [3.63, 3.8) is 0 Å². The standard InChI is InChI=1S/CH3I2P/c2-1(3)4/h1H,4H2/i1D. The summed E-state index contributed by atoms with van der Waals surface area (Å²) in [7, 11) is 2.36. The molecule has 3 heteroatoms. The van der Waals surface area contributed by atoms with Gasteiger partial charge in [0.15, 0.2) is 0 Å². The Morgan fingerprint density at radius 2 is 2.00 bits per heavy atom. The Morgan fingerprint density at radius 1 is 2.00 bits per heavy atom. The number of rotatable bonds is 0. The number of alkyl halides is 2. The van der Waals surface area contributed by atoms with E-state index >= 15 is 0 Å². The van der Waals surface area contributed by atoms with Crippen LogP contribution in [0.2, 0.25) is 0 Å². The van der Waals surface area contributed by atoms with E-state index in [9.17, 15) is 0 Å². The van der Waals surface area contributed by atoms with Gasteiger partial charge in [-0.15, -0.1) is 9.24 Å². The van der Waals surface area contributed by atoms with E-state index in [0.717, 1.165) is 0 Å². The highest BCUT2D eigenvalue weighted by molar-refractivity contribution is 14.2. The molecule has 0 N–H and O–H groups in total. The fourth-order valence-electron chi connectivity index (χ4n) is 0. The van der Waals surface area contributed by atoms with Crippen LogP contribution in [-0.4, -0.2) is 1.65 Å². The maximum atomic E-state index is 6.87. The van der Waals surface area contributed by atoms with Gasteiger partial charge in [-0.3, -0.25) is 0 Å². The van der Waals surface area contributed by atoms with Gasteiger partial charge in [-0.25, -0.2) is 0 Å². The molecule has 0 aliphatic heterocycles. The SMILES string of the molecule is [2H]C(P)(I)I. The molecule has 0 fully saturated rings. The Hall–Kier alpha value is 1.89. The Kier molecular flexibility index (Phi) is 3.14. The number of halogens is 2. The van der Waals surface area contributed by atoms with E-state index < -0.39 is 1.65 Å². The molecular formula is CH3I2P. The molecule has 0 radical (unpaired) electrons. The topological polar surface area (TPSA) is 0 Å². The molecule has 0 aliphatic rings. The monoisotopic (exact) mass is 301 g/mol. The maximum Gasteiger partial charge on any atom is 0.0762 e. The first-order chi connectivity index (χ1) is 2.00. The van der Waals surface area contributed by atoms with Crippen LogP contribution < -0.4 is 0 Å². The van der Waals surface area contributed by atoms with Gasteiger partial charge in [0.05, 0.1) is 3.02 Å². The van der Waals surface area contributed by atoms with Crippen LogP contribution in [-0.2, 0) is 0 Å². The molecular weight excluding hydrogens is 297 g/mol. The maximum absolute atomic E-state index is 6.87. The van der Waals surface area contributed by atoms with Crippen LogP contribution in [0.4, 0.5) is 0 Å². The predicted octanol–water partition coefficient (Wildman–Crippen LogP) is 2.02. The minimum atomic E-state index is -0.393. The van der Waals surface area contributed by atoms with Crippen LogP contribution in [0.25, 0.3) is 0 Å². The summed E-state index contributed by atoms with van der Waals surface area (Å²) in [5.41, 5.74) is 0. The summed E-state index contributed by atoms with van der Waals surface area (Å²) < 4.78 is 6.48. The minimum absolute atomic E-state index is 0.393. The molecule has 0 rings (SSSR count). The quantitative estimate of drug-likeness (QED) is 0.365. The van der Waals surface area contributed by atoms with Crippen molar-refractivity contribution >= 4 is 54.4 Å². The third-order valence-corrected chi connectivity index (χ3v) is 0. The van der Waals surface area contributed by atoms with Crippen LogP contribution in [0, 0.1) is 0 Å².